The van der Waals surface area contributed by atoms with Gasteiger partial charge in [-0.15, -0.1) is 0 Å². The number of carbonyl (C=O) groups excluding carboxylic acids is 1. The van der Waals surface area contributed by atoms with E-state index in [1.54, 1.807) is 24.3 Å². The molecule has 0 radical (unpaired) electrons. The zero-order chi connectivity index (χ0) is 15.4. The van der Waals surface area contributed by atoms with Crippen LogP contribution in [-0.4, -0.2) is 12.5 Å². The van der Waals surface area contributed by atoms with Crippen LogP contribution < -0.4 is 15.8 Å². The molecule has 2 rings (SSSR count). The van der Waals surface area contributed by atoms with Gasteiger partial charge in [-0.3, -0.25) is 4.79 Å². The number of hydrogen-bond donors (Lipinski definition) is 2. The summed E-state index contributed by atoms with van der Waals surface area (Å²) in [5, 5.41) is 2.70. The molecule has 0 spiro atoms. The maximum absolute atomic E-state index is 13.2. The second-order valence-corrected chi connectivity index (χ2v) is 5.38. The number of carbonyl (C=O) groups is 1. The Kier molecular flexibility index (Phi) is 4.80. The van der Waals surface area contributed by atoms with Gasteiger partial charge in [-0.1, -0.05) is 22.0 Å². The van der Waals surface area contributed by atoms with Crippen LogP contribution in [0, 0.1) is 12.7 Å². The van der Waals surface area contributed by atoms with Gasteiger partial charge in [0.2, 0.25) is 0 Å². The number of nitrogens with two attached hydrogens (primary N) is 1. The Labute approximate surface area is 130 Å². The van der Waals surface area contributed by atoms with Gasteiger partial charge in [-0.2, -0.15) is 0 Å². The van der Waals surface area contributed by atoms with Crippen molar-refractivity contribution in [3.05, 3.63) is 52.3 Å². The summed E-state index contributed by atoms with van der Waals surface area (Å²) in [5.74, 6) is -0.503. The minimum atomic E-state index is -0.438. The molecule has 0 saturated carbocycles. The normalized spacial score (nSPS) is 10.2. The van der Waals surface area contributed by atoms with E-state index >= 15 is 0 Å². The third kappa shape index (κ3) is 4.19. The Bertz CT molecular complexity index is 656. The van der Waals surface area contributed by atoms with E-state index in [9.17, 15) is 9.18 Å². The molecule has 0 fully saturated rings. The molecule has 4 nitrogen and oxygen atoms in total. The predicted octanol–water partition coefficient (Wildman–Crippen LogP) is 3.50. The van der Waals surface area contributed by atoms with Crippen molar-refractivity contribution in [3.63, 3.8) is 0 Å². The number of hydrogen-bond acceptors (Lipinski definition) is 3. The molecular formula is C15H14BrFN2O2. The fourth-order valence-corrected chi connectivity index (χ4v) is 2.18. The summed E-state index contributed by atoms with van der Waals surface area (Å²) in [6, 6.07) is 9.37. The number of nitrogen functional groups attached to an aromatic ring is 1. The van der Waals surface area contributed by atoms with Gasteiger partial charge < -0.3 is 15.8 Å². The van der Waals surface area contributed by atoms with E-state index in [-0.39, 0.29) is 18.3 Å². The van der Waals surface area contributed by atoms with Crippen LogP contribution in [0.3, 0.4) is 0 Å². The Balaban J connectivity index is 1.97. The topological polar surface area (TPSA) is 64.3 Å². The summed E-state index contributed by atoms with van der Waals surface area (Å²) in [5.41, 5.74) is 7.78. The second-order valence-electron chi connectivity index (χ2n) is 4.46. The zero-order valence-electron chi connectivity index (χ0n) is 11.3. The smallest absolute Gasteiger partial charge is 0.262 e. The van der Waals surface area contributed by atoms with Gasteiger partial charge in [0.1, 0.15) is 11.6 Å². The van der Waals surface area contributed by atoms with Crippen molar-refractivity contribution < 1.29 is 13.9 Å². The van der Waals surface area contributed by atoms with Crippen LogP contribution in [0.15, 0.2) is 40.9 Å². The summed E-state index contributed by atoms with van der Waals surface area (Å²) in [7, 11) is 0. The van der Waals surface area contributed by atoms with Gasteiger partial charge in [0, 0.05) is 21.9 Å². The van der Waals surface area contributed by atoms with E-state index in [2.05, 4.69) is 21.2 Å². The quantitative estimate of drug-likeness (QED) is 0.827. The minimum absolute atomic E-state index is 0.218. The van der Waals surface area contributed by atoms with Crippen molar-refractivity contribution in [2.75, 3.05) is 17.7 Å². The first-order valence-corrected chi connectivity index (χ1v) is 6.99. The van der Waals surface area contributed by atoms with Crippen LogP contribution in [0.5, 0.6) is 5.75 Å². The maximum Gasteiger partial charge on any atom is 0.262 e. The van der Waals surface area contributed by atoms with Crippen molar-refractivity contribution in [1.29, 1.82) is 0 Å². The molecule has 110 valence electrons. The Morgan fingerprint density at radius 1 is 1.38 bits per heavy atom. The minimum Gasteiger partial charge on any atom is -0.484 e. The molecule has 21 heavy (non-hydrogen) atoms. The van der Waals surface area contributed by atoms with Crippen molar-refractivity contribution in [2.24, 2.45) is 0 Å². The van der Waals surface area contributed by atoms with Gasteiger partial charge in [-0.25, -0.2) is 4.39 Å². The molecule has 0 saturated heterocycles. The van der Waals surface area contributed by atoms with Crippen molar-refractivity contribution in [2.45, 2.75) is 6.92 Å². The van der Waals surface area contributed by atoms with Crippen LogP contribution in [0.4, 0.5) is 15.8 Å². The fourth-order valence-electron chi connectivity index (χ4n) is 1.74. The van der Waals surface area contributed by atoms with E-state index in [1.807, 2.05) is 6.92 Å². The van der Waals surface area contributed by atoms with E-state index in [0.29, 0.717) is 15.8 Å². The molecule has 1 amide bonds. The zero-order valence-corrected chi connectivity index (χ0v) is 12.9. The number of nitrogens with one attached hydrogen (secondary N) is 1. The summed E-state index contributed by atoms with van der Waals surface area (Å²) in [4.78, 5) is 11.8. The third-order valence-electron chi connectivity index (χ3n) is 2.86. The Morgan fingerprint density at radius 3 is 2.86 bits per heavy atom. The Hall–Kier alpha value is -2.08. The average molecular weight is 353 g/mol. The van der Waals surface area contributed by atoms with Crippen molar-refractivity contribution >= 4 is 33.2 Å². The van der Waals surface area contributed by atoms with Crippen LogP contribution in [0.2, 0.25) is 0 Å². The standard InChI is InChI=1S/C15H14BrFN2O2/c1-9-13(18)3-2-4-14(9)19-15(20)8-21-12-6-10(16)5-11(17)7-12/h2-7H,8,18H2,1H3,(H,19,20). The van der Waals surface area contributed by atoms with E-state index in [1.165, 1.54) is 12.1 Å². The molecule has 0 aliphatic rings. The van der Waals surface area contributed by atoms with Crippen molar-refractivity contribution in [3.8, 4) is 5.75 Å². The SMILES string of the molecule is Cc1c(N)cccc1NC(=O)COc1cc(F)cc(Br)c1. The molecule has 2 aromatic rings. The highest BCUT2D eigenvalue weighted by atomic mass is 79.9. The summed E-state index contributed by atoms with van der Waals surface area (Å²) >= 11 is 3.16. The molecule has 0 unspecified atom stereocenters. The molecule has 0 atom stereocenters. The number of amides is 1. The number of anilines is 2. The summed E-state index contributed by atoms with van der Waals surface area (Å²) in [6.45, 7) is 1.60. The highest BCUT2D eigenvalue weighted by Gasteiger charge is 2.08. The molecule has 0 heterocycles. The lowest BCUT2D eigenvalue weighted by molar-refractivity contribution is -0.118. The highest BCUT2D eigenvalue weighted by molar-refractivity contribution is 9.10. The molecule has 0 aliphatic carbocycles. The highest BCUT2D eigenvalue weighted by Crippen LogP contribution is 2.22. The molecule has 3 N–H and O–H groups in total. The van der Waals surface area contributed by atoms with Gasteiger partial charge in [-0.05, 0) is 36.8 Å². The summed E-state index contributed by atoms with van der Waals surface area (Å²) < 4.78 is 19.0. The van der Waals surface area contributed by atoms with Crippen molar-refractivity contribution in [1.82, 2.24) is 0 Å². The predicted molar refractivity (Wildman–Crippen MR) is 83.8 cm³/mol. The maximum atomic E-state index is 13.2. The lowest BCUT2D eigenvalue weighted by atomic mass is 10.1. The molecule has 2 aromatic carbocycles. The number of ether oxygens (including phenoxy) is 1. The first-order chi connectivity index (χ1) is 9.95. The van der Waals surface area contributed by atoms with Gasteiger partial charge in [0.05, 0.1) is 0 Å². The third-order valence-corrected chi connectivity index (χ3v) is 3.31. The lowest BCUT2D eigenvalue weighted by Gasteiger charge is -2.11. The average Bonchev–Trinajstić information content (AvgIpc) is 2.41. The molecule has 0 bridgehead atoms. The van der Waals surface area contributed by atoms with Crippen LogP contribution in [0.1, 0.15) is 5.56 Å². The first-order valence-electron chi connectivity index (χ1n) is 6.19. The molecule has 0 aromatic heterocycles. The number of benzene rings is 2. The van der Waals surface area contributed by atoms with E-state index < -0.39 is 5.82 Å². The van der Waals surface area contributed by atoms with Gasteiger partial charge in [0.25, 0.3) is 5.91 Å². The monoisotopic (exact) mass is 352 g/mol. The number of halogens is 2. The fraction of sp³-hybridized carbons (Fsp3) is 0.133. The van der Waals surface area contributed by atoms with Crippen LogP contribution in [-0.2, 0) is 4.79 Å². The first kappa shape index (κ1) is 15.3. The van der Waals surface area contributed by atoms with Crippen LogP contribution >= 0.6 is 15.9 Å². The van der Waals surface area contributed by atoms with Gasteiger partial charge in [0.15, 0.2) is 6.61 Å². The number of rotatable bonds is 4. The summed E-state index contributed by atoms with van der Waals surface area (Å²) in [6.07, 6.45) is 0. The molecule has 0 aliphatic heterocycles. The van der Waals surface area contributed by atoms with E-state index in [0.717, 1.165) is 5.56 Å². The molecule has 6 heteroatoms. The van der Waals surface area contributed by atoms with E-state index in [4.69, 9.17) is 10.5 Å². The largest absolute Gasteiger partial charge is 0.484 e. The lowest BCUT2D eigenvalue weighted by Crippen LogP contribution is -2.20. The molecular weight excluding hydrogens is 339 g/mol. The van der Waals surface area contributed by atoms with Gasteiger partial charge >= 0.3 is 0 Å². The second kappa shape index (κ2) is 6.58. The Morgan fingerprint density at radius 2 is 2.14 bits per heavy atom. The van der Waals surface area contributed by atoms with Crippen LogP contribution in [0.25, 0.3) is 0 Å².